The van der Waals surface area contributed by atoms with Crippen molar-refractivity contribution in [2.75, 3.05) is 6.54 Å². The van der Waals surface area contributed by atoms with Gasteiger partial charge in [-0.15, -0.1) is 0 Å². The van der Waals surface area contributed by atoms with Gasteiger partial charge in [-0.1, -0.05) is 53.6 Å². The second kappa shape index (κ2) is 6.48. The standard InChI is InChI=1S/C22H24ClN3O/c1-15-2-4-16(5-3-15)13-26-14-21(24)11-10-18(12-22(21,25)20(26)27)17-6-8-19(23)9-7-17/h2-9,12H,10-11,13-14,24-25H2,1H3. The molecule has 0 radical (unpaired) electrons. The fourth-order valence-electron chi connectivity index (χ4n) is 4.15. The van der Waals surface area contributed by atoms with Crippen LogP contribution in [0.5, 0.6) is 0 Å². The van der Waals surface area contributed by atoms with Crippen molar-refractivity contribution in [2.24, 2.45) is 11.5 Å². The van der Waals surface area contributed by atoms with Crippen LogP contribution in [0.25, 0.3) is 5.57 Å². The summed E-state index contributed by atoms with van der Waals surface area (Å²) in [6.07, 6.45) is 3.36. The number of halogens is 1. The lowest BCUT2D eigenvalue weighted by atomic mass is 9.70. The molecule has 5 heteroatoms. The lowest BCUT2D eigenvalue weighted by Gasteiger charge is -2.39. The van der Waals surface area contributed by atoms with Crippen molar-refractivity contribution in [3.05, 3.63) is 76.3 Å². The molecule has 0 bridgehead atoms. The minimum atomic E-state index is -1.18. The Morgan fingerprint density at radius 2 is 1.74 bits per heavy atom. The van der Waals surface area contributed by atoms with Gasteiger partial charge >= 0.3 is 0 Å². The molecule has 2 aromatic rings. The molecular formula is C22H24ClN3O. The van der Waals surface area contributed by atoms with Crippen molar-refractivity contribution in [2.45, 2.75) is 37.4 Å². The Morgan fingerprint density at radius 1 is 1.07 bits per heavy atom. The number of amides is 1. The number of carbonyl (C=O) groups excluding carboxylic acids is 1. The number of benzene rings is 2. The second-order valence-corrected chi connectivity index (χ2v) is 8.28. The highest BCUT2D eigenvalue weighted by molar-refractivity contribution is 6.30. The molecule has 4 rings (SSSR count). The average molecular weight is 382 g/mol. The molecule has 1 saturated heterocycles. The zero-order valence-corrected chi connectivity index (χ0v) is 16.2. The summed E-state index contributed by atoms with van der Waals surface area (Å²) in [5, 5.41) is 0.687. The van der Waals surface area contributed by atoms with Crippen LogP contribution < -0.4 is 11.5 Å². The fraction of sp³-hybridized carbons (Fsp3) is 0.318. The van der Waals surface area contributed by atoms with Gasteiger partial charge in [-0.25, -0.2) is 0 Å². The van der Waals surface area contributed by atoms with Gasteiger partial charge in [0.05, 0.1) is 5.54 Å². The van der Waals surface area contributed by atoms with Crippen LogP contribution in [-0.2, 0) is 11.3 Å². The average Bonchev–Trinajstić information content (AvgIpc) is 2.84. The molecule has 2 unspecified atom stereocenters. The fourth-order valence-corrected chi connectivity index (χ4v) is 4.27. The Morgan fingerprint density at radius 3 is 2.41 bits per heavy atom. The zero-order valence-electron chi connectivity index (χ0n) is 15.4. The Kier molecular flexibility index (Phi) is 4.38. The van der Waals surface area contributed by atoms with Gasteiger partial charge in [-0.2, -0.15) is 0 Å². The smallest absolute Gasteiger partial charge is 0.249 e. The highest BCUT2D eigenvalue weighted by Gasteiger charge is 2.59. The Hall–Kier alpha value is -2.14. The van der Waals surface area contributed by atoms with Gasteiger partial charge in [-0.05, 0) is 54.7 Å². The van der Waals surface area contributed by atoms with E-state index in [1.165, 1.54) is 5.56 Å². The molecule has 1 fully saturated rings. The molecule has 0 aromatic heterocycles. The van der Waals surface area contributed by atoms with E-state index in [4.69, 9.17) is 23.1 Å². The predicted octanol–water partition coefficient (Wildman–Crippen LogP) is 3.26. The molecule has 2 aromatic carbocycles. The van der Waals surface area contributed by atoms with E-state index in [1.807, 2.05) is 49.4 Å². The molecule has 2 atom stereocenters. The molecule has 1 heterocycles. The Bertz CT molecular complexity index is 906. The van der Waals surface area contributed by atoms with Gasteiger partial charge in [-0.3, -0.25) is 4.79 Å². The second-order valence-electron chi connectivity index (χ2n) is 7.85. The maximum Gasteiger partial charge on any atom is 0.249 e. The summed E-state index contributed by atoms with van der Waals surface area (Å²) in [6, 6.07) is 15.8. The minimum absolute atomic E-state index is 0.100. The first-order chi connectivity index (χ1) is 12.8. The predicted molar refractivity (Wildman–Crippen MR) is 109 cm³/mol. The highest BCUT2D eigenvalue weighted by atomic mass is 35.5. The molecule has 1 amide bonds. The van der Waals surface area contributed by atoms with Crippen molar-refractivity contribution < 1.29 is 4.79 Å². The quantitative estimate of drug-likeness (QED) is 0.857. The summed E-state index contributed by atoms with van der Waals surface area (Å²) < 4.78 is 0. The molecule has 27 heavy (non-hydrogen) atoms. The monoisotopic (exact) mass is 381 g/mol. The minimum Gasteiger partial charge on any atom is -0.334 e. The lowest BCUT2D eigenvalue weighted by Crippen LogP contribution is -2.67. The van der Waals surface area contributed by atoms with Crippen molar-refractivity contribution in [1.29, 1.82) is 0 Å². The van der Waals surface area contributed by atoms with E-state index >= 15 is 0 Å². The molecule has 1 aliphatic carbocycles. The van der Waals surface area contributed by atoms with Crippen molar-refractivity contribution in [3.8, 4) is 0 Å². The van der Waals surface area contributed by atoms with E-state index in [0.29, 0.717) is 24.5 Å². The summed E-state index contributed by atoms with van der Waals surface area (Å²) >= 11 is 5.99. The number of nitrogens with zero attached hydrogens (tertiary/aromatic N) is 1. The number of carbonyl (C=O) groups is 1. The van der Waals surface area contributed by atoms with Crippen LogP contribution >= 0.6 is 11.6 Å². The van der Waals surface area contributed by atoms with E-state index < -0.39 is 11.1 Å². The largest absolute Gasteiger partial charge is 0.334 e. The zero-order chi connectivity index (χ0) is 19.2. The van der Waals surface area contributed by atoms with Gasteiger partial charge in [0.2, 0.25) is 5.91 Å². The number of hydrogen-bond acceptors (Lipinski definition) is 3. The first kappa shape index (κ1) is 18.2. The van der Waals surface area contributed by atoms with E-state index in [-0.39, 0.29) is 5.91 Å². The molecular weight excluding hydrogens is 358 g/mol. The van der Waals surface area contributed by atoms with Gasteiger partial charge in [0.15, 0.2) is 0 Å². The van der Waals surface area contributed by atoms with Gasteiger partial charge < -0.3 is 16.4 Å². The van der Waals surface area contributed by atoms with E-state index in [2.05, 4.69) is 12.1 Å². The first-order valence-corrected chi connectivity index (χ1v) is 9.59. The van der Waals surface area contributed by atoms with Crippen molar-refractivity contribution in [1.82, 2.24) is 4.90 Å². The molecule has 4 N–H and O–H groups in total. The van der Waals surface area contributed by atoms with Crippen LogP contribution in [-0.4, -0.2) is 28.4 Å². The molecule has 0 saturated carbocycles. The van der Waals surface area contributed by atoms with Crippen LogP contribution in [0.2, 0.25) is 5.02 Å². The number of nitrogens with two attached hydrogens (primary N) is 2. The number of rotatable bonds is 3. The van der Waals surface area contributed by atoms with E-state index in [0.717, 1.165) is 23.1 Å². The van der Waals surface area contributed by atoms with Crippen LogP contribution in [0.1, 0.15) is 29.5 Å². The third-order valence-electron chi connectivity index (χ3n) is 5.89. The maximum absolute atomic E-state index is 13.2. The summed E-state index contributed by atoms with van der Waals surface area (Å²) in [5.41, 5.74) is 15.8. The number of aryl methyl sites for hydroxylation is 1. The third-order valence-corrected chi connectivity index (χ3v) is 6.14. The van der Waals surface area contributed by atoms with Crippen LogP contribution in [0.3, 0.4) is 0 Å². The molecule has 4 nitrogen and oxygen atoms in total. The normalized spacial score (nSPS) is 27.5. The summed E-state index contributed by atoms with van der Waals surface area (Å²) in [6.45, 7) is 3.05. The highest BCUT2D eigenvalue weighted by Crippen LogP contribution is 2.42. The van der Waals surface area contributed by atoms with Crippen LogP contribution in [0.4, 0.5) is 0 Å². The SMILES string of the molecule is Cc1ccc(CN2CC3(N)CCC(c4ccc(Cl)cc4)=CC3(N)C2=O)cc1. The first-order valence-electron chi connectivity index (χ1n) is 9.21. The third kappa shape index (κ3) is 3.08. The topological polar surface area (TPSA) is 72.3 Å². The molecule has 140 valence electrons. The maximum atomic E-state index is 13.2. The molecule has 1 aliphatic heterocycles. The summed E-state index contributed by atoms with van der Waals surface area (Å²) in [7, 11) is 0. The lowest BCUT2D eigenvalue weighted by molar-refractivity contribution is -0.131. The summed E-state index contributed by atoms with van der Waals surface area (Å²) in [5.74, 6) is -0.100. The van der Waals surface area contributed by atoms with Crippen LogP contribution in [0.15, 0.2) is 54.6 Å². The van der Waals surface area contributed by atoms with Crippen molar-refractivity contribution >= 4 is 23.1 Å². The molecule has 0 spiro atoms. The Labute approximate surface area is 164 Å². The number of likely N-dealkylation sites (tertiary alicyclic amines) is 1. The van der Waals surface area contributed by atoms with Gasteiger partial charge in [0.1, 0.15) is 5.54 Å². The van der Waals surface area contributed by atoms with E-state index in [9.17, 15) is 4.79 Å². The van der Waals surface area contributed by atoms with Gasteiger partial charge in [0, 0.05) is 18.1 Å². The van der Waals surface area contributed by atoms with E-state index in [1.54, 1.807) is 4.90 Å². The number of allylic oxidation sites excluding steroid dienone is 1. The number of fused-ring (bicyclic) bond motifs is 1. The molecule has 2 aliphatic rings. The van der Waals surface area contributed by atoms with Crippen molar-refractivity contribution in [3.63, 3.8) is 0 Å². The Balaban J connectivity index is 1.64. The van der Waals surface area contributed by atoms with Gasteiger partial charge in [0.25, 0.3) is 0 Å². The summed E-state index contributed by atoms with van der Waals surface area (Å²) in [4.78, 5) is 15.0. The van der Waals surface area contributed by atoms with Crippen LogP contribution in [0, 0.1) is 6.92 Å². The number of hydrogen-bond donors (Lipinski definition) is 2.